The van der Waals surface area contributed by atoms with Gasteiger partial charge in [0.05, 0.1) is 0 Å². The van der Waals surface area contributed by atoms with E-state index in [4.69, 9.17) is 0 Å². The van der Waals surface area contributed by atoms with E-state index in [-0.39, 0.29) is 0 Å². The second-order valence-corrected chi connectivity index (χ2v) is 9.16. The zero-order valence-electron chi connectivity index (χ0n) is 14.7. The molecule has 4 heteroatoms. The molecule has 0 aliphatic carbocycles. The van der Waals surface area contributed by atoms with Crippen molar-refractivity contribution in [1.82, 2.24) is 14.7 Å². The highest BCUT2D eigenvalue weighted by Crippen LogP contribution is 2.31. The lowest BCUT2D eigenvalue weighted by molar-refractivity contribution is 0.0419. The van der Waals surface area contributed by atoms with Gasteiger partial charge >= 0.3 is 0 Å². The molecule has 3 rings (SSSR count). The lowest BCUT2D eigenvalue weighted by Crippen LogP contribution is -2.52. The van der Waals surface area contributed by atoms with Crippen molar-refractivity contribution in [2.45, 2.75) is 45.6 Å². The summed E-state index contributed by atoms with van der Waals surface area (Å²) in [5, 5.41) is 0. The summed E-state index contributed by atoms with van der Waals surface area (Å²) in [7, 11) is 0. The summed E-state index contributed by atoms with van der Waals surface area (Å²) in [6, 6.07) is 0.878. The Morgan fingerprint density at radius 2 is 1.73 bits per heavy atom. The second-order valence-electron chi connectivity index (χ2n) is 7.94. The molecule has 3 aliphatic heterocycles. The highest BCUT2D eigenvalue weighted by molar-refractivity contribution is 7.99. The fraction of sp³-hybridized carbons (Fsp3) is 1.00. The van der Waals surface area contributed by atoms with Gasteiger partial charge in [-0.3, -0.25) is 4.90 Å². The predicted molar refractivity (Wildman–Crippen MR) is 97.8 cm³/mol. The minimum absolute atomic E-state index is 0.531. The molecule has 3 aliphatic rings. The van der Waals surface area contributed by atoms with Gasteiger partial charge in [-0.2, -0.15) is 11.8 Å². The molecule has 3 nitrogen and oxygen atoms in total. The number of hydrogen-bond donors (Lipinski definition) is 0. The summed E-state index contributed by atoms with van der Waals surface area (Å²) in [6.07, 6.45) is 5.62. The van der Waals surface area contributed by atoms with Crippen LogP contribution in [0.1, 0.15) is 39.5 Å². The maximum atomic E-state index is 2.77. The molecular formula is C18H35N3S. The van der Waals surface area contributed by atoms with E-state index >= 15 is 0 Å². The van der Waals surface area contributed by atoms with E-state index in [0.29, 0.717) is 5.41 Å². The molecule has 0 aromatic heterocycles. The van der Waals surface area contributed by atoms with Crippen LogP contribution in [0.25, 0.3) is 0 Å². The molecule has 0 N–H and O–H groups in total. The summed E-state index contributed by atoms with van der Waals surface area (Å²) in [5.41, 5.74) is 0.531. The maximum Gasteiger partial charge on any atom is 0.0120 e. The van der Waals surface area contributed by atoms with Crippen LogP contribution >= 0.6 is 11.8 Å². The van der Waals surface area contributed by atoms with Crippen LogP contribution < -0.4 is 0 Å². The van der Waals surface area contributed by atoms with Gasteiger partial charge in [-0.15, -0.1) is 0 Å². The van der Waals surface area contributed by atoms with Crippen molar-refractivity contribution in [3.63, 3.8) is 0 Å². The Bertz CT molecular complexity index is 337. The molecule has 0 bridgehead atoms. The molecule has 128 valence electrons. The first-order chi connectivity index (χ1) is 10.7. The summed E-state index contributed by atoms with van der Waals surface area (Å²) in [5.74, 6) is 2.70. The minimum Gasteiger partial charge on any atom is -0.303 e. The zero-order chi connectivity index (χ0) is 15.4. The molecule has 0 radical (unpaired) electrons. The molecule has 3 fully saturated rings. The van der Waals surface area contributed by atoms with Crippen molar-refractivity contribution >= 4 is 11.8 Å². The molecule has 0 unspecified atom stereocenters. The van der Waals surface area contributed by atoms with Crippen LogP contribution in [0, 0.1) is 5.41 Å². The molecule has 1 atom stereocenters. The van der Waals surface area contributed by atoms with Crippen LogP contribution in [0.2, 0.25) is 0 Å². The number of rotatable bonds is 4. The predicted octanol–water partition coefficient (Wildman–Crippen LogP) is 2.62. The summed E-state index contributed by atoms with van der Waals surface area (Å²) >= 11 is 2.13. The van der Waals surface area contributed by atoms with E-state index in [1.54, 1.807) is 0 Å². The van der Waals surface area contributed by atoms with Crippen LogP contribution in [-0.4, -0.2) is 84.6 Å². The lowest BCUT2D eigenvalue weighted by Gasteiger charge is -2.46. The van der Waals surface area contributed by atoms with E-state index in [2.05, 4.69) is 40.3 Å². The Morgan fingerprint density at radius 3 is 2.41 bits per heavy atom. The van der Waals surface area contributed by atoms with Crippen molar-refractivity contribution in [3.8, 4) is 0 Å². The summed E-state index contributed by atoms with van der Waals surface area (Å²) in [4.78, 5) is 8.20. The molecule has 3 saturated heterocycles. The van der Waals surface area contributed by atoms with Gasteiger partial charge in [0.2, 0.25) is 0 Å². The Morgan fingerprint density at radius 1 is 1.00 bits per heavy atom. The Balaban J connectivity index is 1.45. The van der Waals surface area contributed by atoms with Crippen molar-refractivity contribution in [3.05, 3.63) is 0 Å². The number of nitrogens with zero attached hydrogens (tertiary/aromatic N) is 3. The van der Waals surface area contributed by atoms with Crippen LogP contribution in [-0.2, 0) is 0 Å². The van der Waals surface area contributed by atoms with Gasteiger partial charge in [0, 0.05) is 43.7 Å². The largest absolute Gasteiger partial charge is 0.303 e. The van der Waals surface area contributed by atoms with E-state index in [0.717, 1.165) is 6.04 Å². The smallest absolute Gasteiger partial charge is 0.0120 e. The molecule has 22 heavy (non-hydrogen) atoms. The molecule has 0 saturated carbocycles. The standard InChI is InChI=1S/C18H35N3S/c1-3-19-8-4-7-18(2,15-19)16-20-9-5-17(6-10-20)21-11-13-22-14-12-21/h17H,3-16H2,1-2H3/t18-/m1/s1. The molecule has 0 spiro atoms. The fourth-order valence-corrected chi connectivity index (χ4v) is 5.68. The maximum absolute atomic E-state index is 2.77. The van der Waals surface area contributed by atoms with Gasteiger partial charge in [0.15, 0.2) is 0 Å². The number of likely N-dealkylation sites (tertiary alicyclic amines) is 2. The summed E-state index contributed by atoms with van der Waals surface area (Å²) in [6.45, 7) is 15.4. The first-order valence-corrected chi connectivity index (χ1v) is 10.6. The van der Waals surface area contributed by atoms with E-state index < -0.39 is 0 Å². The van der Waals surface area contributed by atoms with E-state index in [1.807, 2.05) is 0 Å². The van der Waals surface area contributed by atoms with Crippen molar-refractivity contribution < 1.29 is 0 Å². The Kier molecular flexibility index (Phi) is 6.10. The minimum atomic E-state index is 0.531. The average molecular weight is 326 g/mol. The van der Waals surface area contributed by atoms with Crippen LogP contribution in [0.5, 0.6) is 0 Å². The Labute approximate surface area is 141 Å². The van der Waals surface area contributed by atoms with Crippen LogP contribution in [0.3, 0.4) is 0 Å². The van der Waals surface area contributed by atoms with Crippen LogP contribution in [0.15, 0.2) is 0 Å². The zero-order valence-corrected chi connectivity index (χ0v) is 15.5. The average Bonchev–Trinajstić information content (AvgIpc) is 2.56. The van der Waals surface area contributed by atoms with E-state index in [1.165, 1.54) is 89.5 Å². The third-order valence-corrected chi connectivity index (χ3v) is 6.97. The van der Waals surface area contributed by atoms with Crippen LogP contribution in [0.4, 0.5) is 0 Å². The molecule has 3 heterocycles. The quantitative estimate of drug-likeness (QED) is 0.786. The van der Waals surface area contributed by atoms with Gasteiger partial charge in [-0.1, -0.05) is 13.8 Å². The topological polar surface area (TPSA) is 9.72 Å². The van der Waals surface area contributed by atoms with Gasteiger partial charge in [-0.05, 0) is 57.3 Å². The first-order valence-electron chi connectivity index (χ1n) is 9.45. The fourth-order valence-electron chi connectivity index (χ4n) is 4.75. The SMILES string of the molecule is CCN1CCC[C@@](C)(CN2CCC(N3CCSCC3)CC2)C1. The lowest BCUT2D eigenvalue weighted by atomic mass is 9.81. The molecular weight excluding hydrogens is 290 g/mol. The van der Waals surface area contributed by atoms with Gasteiger partial charge in [0.1, 0.15) is 0 Å². The Hall–Kier alpha value is 0.230. The van der Waals surface area contributed by atoms with Crippen molar-refractivity contribution in [2.24, 2.45) is 5.41 Å². The third-order valence-electron chi connectivity index (χ3n) is 6.03. The normalized spacial score (nSPS) is 34.1. The molecule has 0 aromatic carbocycles. The first kappa shape index (κ1) is 17.1. The summed E-state index contributed by atoms with van der Waals surface area (Å²) < 4.78 is 0. The second kappa shape index (κ2) is 7.87. The number of hydrogen-bond acceptors (Lipinski definition) is 4. The number of thioether (sulfide) groups is 1. The highest BCUT2D eigenvalue weighted by atomic mass is 32.2. The van der Waals surface area contributed by atoms with Gasteiger partial charge in [-0.25, -0.2) is 0 Å². The highest BCUT2D eigenvalue weighted by Gasteiger charge is 2.34. The third kappa shape index (κ3) is 4.40. The van der Waals surface area contributed by atoms with Gasteiger partial charge < -0.3 is 9.80 Å². The molecule has 0 amide bonds. The van der Waals surface area contributed by atoms with E-state index in [9.17, 15) is 0 Å². The van der Waals surface area contributed by atoms with Gasteiger partial charge in [0.25, 0.3) is 0 Å². The van der Waals surface area contributed by atoms with Crippen molar-refractivity contribution in [2.75, 3.05) is 63.9 Å². The number of piperidine rings is 2. The monoisotopic (exact) mass is 325 g/mol. The molecule has 0 aromatic rings. The van der Waals surface area contributed by atoms with Crippen molar-refractivity contribution in [1.29, 1.82) is 0 Å².